The number of allylic oxidation sites excluding steroid dienone is 2. The molecule has 7 heteroatoms. The molecule has 0 bridgehead atoms. The van der Waals surface area contributed by atoms with Crippen LogP contribution in [0.1, 0.15) is 18.4 Å². The molecule has 3 heterocycles. The van der Waals surface area contributed by atoms with Gasteiger partial charge in [0.25, 0.3) is 0 Å². The minimum absolute atomic E-state index is 0.00295. The third-order valence-corrected chi connectivity index (χ3v) is 10.1. The molecule has 5 nitrogen and oxygen atoms in total. The first-order valence-electron chi connectivity index (χ1n) is 12.0. The Morgan fingerprint density at radius 3 is 2.66 bits per heavy atom. The fourth-order valence-electron chi connectivity index (χ4n) is 5.40. The van der Waals surface area contributed by atoms with Crippen LogP contribution in [0.3, 0.4) is 0 Å². The molecule has 1 unspecified atom stereocenters. The van der Waals surface area contributed by atoms with E-state index in [-0.39, 0.29) is 4.59 Å². The summed E-state index contributed by atoms with van der Waals surface area (Å²) in [6.07, 6.45) is 7.89. The quantitative estimate of drug-likeness (QED) is 0.225. The van der Waals surface area contributed by atoms with E-state index in [0.29, 0.717) is 10.9 Å². The predicted molar refractivity (Wildman–Crippen MR) is 146 cm³/mol. The van der Waals surface area contributed by atoms with E-state index < -0.39 is 14.7 Å². The molecule has 2 N–H and O–H groups in total. The molecular weight excluding hydrogens is 517 g/mol. The van der Waals surface area contributed by atoms with E-state index in [1.54, 1.807) is 6.20 Å². The van der Waals surface area contributed by atoms with Crippen LogP contribution in [-0.4, -0.2) is 36.3 Å². The molecule has 0 saturated heterocycles. The van der Waals surface area contributed by atoms with E-state index in [0.717, 1.165) is 50.9 Å². The van der Waals surface area contributed by atoms with E-state index in [2.05, 4.69) is 34.6 Å². The van der Waals surface area contributed by atoms with Crippen molar-refractivity contribution in [3.05, 3.63) is 89.0 Å². The second-order valence-corrected chi connectivity index (χ2v) is 15.6. The Morgan fingerprint density at radius 2 is 1.89 bits per heavy atom. The number of hydrogen-bond acceptors (Lipinski definition) is 4. The molecule has 35 heavy (non-hydrogen) atoms. The average molecular weight is 545 g/mol. The van der Waals surface area contributed by atoms with E-state index in [1.165, 1.54) is 18.1 Å². The van der Waals surface area contributed by atoms with Crippen LogP contribution in [0.2, 0.25) is 21.7 Å². The molecule has 2 aromatic carbocycles. The first-order chi connectivity index (χ1) is 16.9. The van der Waals surface area contributed by atoms with Gasteiger partial charge in [0.15, 0.2) is 0 Å². The SMILES string of the molecule is C[As](C)CC1CC(C2=C3C=NC=C[N+]3(N)C(c3cc4nc(-c5ccccc5)ccc4cc3Cl)=N2)C1. The number of nitrogens with two attached hydrogens (primary N) is 1. The number of pyridine rings is 1. The summed E-state index contributed by atoms with van der Waals surface area (Å²) >= 11 is 6.22. The third-order valence-electron chi connectivity index (χ3n) is 7.16. The van der Waals surface area contributed by atoms with Crippen LogP contribution in [0.25, 0.3) is 22.2 Å². The number of halogens is 1. The van der Waals surface area contributed by atoms with Gasteiger partial charge in [-0.3, -0.25) is 0 Å². The summed E-state index contributed by atoms with van der Waals surface area (Å²) < 4.78 is 0.00295. The Balaban J connectivity index is 1.41. The maximum absolute atomic E-state index is 7.00. The fraction of sp³-hybridized carbons (Fsp3) is 0.250. The van der Waals surface area contributed by atoms with Gasteiger partial charge in [-0.05, 0) is 6.07 Å². The standard InChI is InChI=1S/C28H28AsClN5/c1-29(2)16-18-12-21(13-18)27-26-17-32-10-11-35(26,31)28(34-27)22-15-25-20(14-23(22)30)8-9-24(33-25)19-6-4-3-5-7-19/h3-11,14-15,17-18,21H,12-13,16,31H2,1-2H3/q+1. The number of quaternary nitrogens is 1. The van der Waals surface area contributed by atoms with Crippen LogP contribution in [0.15, 0.2) is 88.4 Å². The van der Waals surface area contributed by atoms with Crippen LogP contribution in [0.4, 0.5) is 0 Å². The molecule has 1 saturated carbocycles. The minimum atomic E-state index is -0.626. The normalized spacial score (nSPS) is 25.2. The first kappa shape index (κ1) is 22.9. The number of benzene rings is 2. The van der Waals surface area contributed by atoms with Gasteiger partial charge in [0.05, 0.1) is 0 Å². The van der Waals surface area contributed by atoms with E-state index >= 15 is 0 Å². The first-order valence-corrected chi connectivity index (χ1v) is 17.4. The van der Waals surface area contributed by atoms with Crippen LogP contribution < -0.4 is 5.84 Å². The number of hydrogen-bond donors (Lipinski definition) is 1. The predicted octanol–water partition coefficient (Wildman–Crippen LogP) is 6.55. The second kappa shape index (κ2) is 8.83. The van der Waals surface area contributed by atoms with Crippen LogP contribution in [0.5, 0.6) is 0 Å². The summed E-state index contributed by atoms with van der Waals surface area (Å²) in [4.78, 5) is 14.5. The van der Waals surface area contributed by atoms with Crippen LogP contribution in [-0.2, 0) is 0 Å². The van der Waals surface area contributed by atoms with Gasteiger partial charge in [-0.2, -0.15) is 0 Å². The summed E-state index contributed by atoms with van der Waals surface area (Å²) in [7, 11) is 0. The molecule has 6 rings (SSSR count). The number of fused-ring (bicyclic) bond motifs is 2. The Labute approximate surface area is 215 Å². The van der Waals surface area contributed by atoms with Crippen molar-refractivity contribution in [2.24, 2.45) is 27.7 Å². The molecular formula is C28H28AsClN5+. The van der Waals surface area contributed by atoms with Crippen molar-refractivity contribution in [1.82, 2.24) is 4.98 Å². The Morgan fingerprint density at radius 1 is 1.09 bits per heavy atom. The summed E-state index contributed by atoms with van der Waals surface area (Å²) in [5.41, 5.74) is 10.6. The molecule has 0 amide bonds. The fourth-order valence-corrected chi connectivity index (χ4v) is 8.45. The van der Waals surface area contributed by atoms with Crippen molar-refractivity contribution in [3.63, 3.8) is 0 Å². The summed E-state index contributed by atoms with van der Waals surface area (Å²) in [6.45, 7) is 0. The number of aromatic nitrogens is 1. The van der Waals surface area contributed by atoms with Crippen molar-refractivity contribution in [3.8, 4) is 11.3 Å². The zero-order valence-corrected chi connectivity index (χ0v) is 22.5. The van der Waals surface area contributed by atoms with Gasteiger partial charge in [-0.15, -0.1) is 0 Å². The molecule has 3 aliphatic rings. The van der Waals surface area contributed by atoms with Crippen molar-refractivity contribution in [1.29, 1.82) is 0 Å². The van der Waals surface area contributed by atoms with Crippen molar-refractivity contribution in [2.45, 2.75) is 29.5 Å². The molecule has 0 spiro atoms. The van der Waals surface area contributed by atoms with Crippen molar-refractivity contribution >= 4 is 49.2 Å². The molecule has 0 radical (unpaired) electrons. The monoisotopic (exact) mass is 544 g/mol. The molecule has 1 aromatic heterocycles. The van der Waals surface area contributed by atoms with Crippen LogP contribution >= 0.6 is 11.6 Å². The summed E-state index contributed by atoms with van der Waals surface area (Å²) in [5, 5.41) is 3.03. The molecule has 3 aromatic rings. The molecule has 1 aliphatic carbocycles. The molecule has 176 valence electrons. The number of aliphatic imine (C=N–C) groups is 2. The molecule has 2 aliphatic heterocycles. The van der Waals surface area contributed by atoms with Gasteiger partial charge < -0.3 is 0 Å². The topological polar surface area (TPSA) is 63.6 Å². The Bertz CT molecular complexity index is 1440. The number of nitrogens with zero attached hydrogens (tertiary/aromatic N) is 4. The molecule has 1 atom stereocenters. The van der Waals surface area contributed by atoms with Gasteiger partial charge in [-0.1, -0.05) is 30.3 Å². The number of amidine groups is 1. The van der Waals surface area contributed by atoms with E-state index in [1.807, 2.05) is 48.8 Å². The van der Waals surface area contributed by atoms with E-state index in [4.69, 9.17) is 27.4 Å². The third kappa shape index (κ3) is 4.01. The van der Waals surface area contributed by atoms with Crippen molar-refractivity contribution < 1.29 is 4.59 Å². The van der Waals surface area contributed by atoms with Gasteiger partial charge in [0.2, 0.25) is 0 Å². The Hall–Kier alpha value is -2.56. The average Bonchev–Trinajstić information content (AvgIpc) is 3.13. The van der Waals surface area contributed by atoms with Crippen LogP contribution in [0, 0.1) is 11.8 Å². The number of rotatable bonds is 5. The maximum atomic E-state index is 7.00. The van der Waals surface area contributed by atoms with Crippen molar-refractivity contribution in [2.75, 3.05) is 0 Å². The second-order valence-electron chi connectivity index (χ2n) is 9.94. The molecule has 1 fully saturated rings. The van der Waals surface area contributed by atoms with Gasteiger partial charge >= 0.3 is 174 Å². The van der Waals surface area contributed by atoms with E-state index in [9.17, 15) is 0 Å². The van der Waals surface area contributed by atoms with Gasteiger partial charge in [0.1, 0.15) is 0 Å². The zero-order valence-electron chi connectivity index (χ0n) is 19.9. The van der Waals surface area contributed by atoms with Gasteiger partial charge in [-0.25, -0.2) is 0 Å². The zero-order chi connectivity index (χ0) is 24.2. The summed E-state index contributed by atoms with van der Waals surface area (Å²) in [5.74, 6) is 8.99. The van der Waals surface area contributed by atoms with Gasteiger partial charge in [0, 0.05) is 5.56 Å². The summed E-state index contributed by atoms with van der Waals surface area (Å²) in [6, 6.07) is 18.3. The Kier molecular flexibility index (Phi) is 5.77.